The van der Waals surface area contributed by atoms with Crippen LogP contribution in [0.5, 0.6) is 11.5 Å². The fourth-order valence-corrected chi connectivity index (χ4v) is 4.41. The number of nitrogens with zero attached hydrogens (tertiary/aromatic N) is 1. The molecule has 1 saturated heterocycles. The summed E-state index contributed by atoms with van der Waals surface area (Å²) in [6, 6.07) is 19.8. The maximum absolute atomic E-state index is 12.9. The Kier molecular flexibility index (Phi) is 6.84. The quantitative estimate of drug-likeness (QED) is 0.257. The van der Waals surface area contributed by atoms with E-state index in [-0.39, 0.29) is 23.4 Å². The zero-order chi connectivity index (χ0) is 24.2. The van der Waals surface area contributed by atoms with Crippen LogP contribution in [0.2, 0.25) is 0 Å². The van der Waals surface area contributed by atoms with Crippen LogP contribution in [0.15, 0.2) is 71.6 Å². The molecule has 0 aromatic heterocycles. The minimum Gasteiger partial charge on any atom is -0.493 e. The lowest BCUT2D eigenvalue weighted by molar-refractivity contribution is -0.123. The van der Waals surface area contributed by atoms with E-state index in [0.717, 1.165) is 28.5 Å². The standard InChI is InChI=1S/C27H23NO5S/c1-17-6-4-8-20(12-17)16-28-25(29)24(34-27(28)31)15-19-10-11-22(23(14-19)32-3)33-26(30)21-9-5-7-18(2)13-21/h4-15H,16H2,1-3H3/b24-15-. The summed E-state index contributed by atoms with van der Waals surface area (Å²) in [5.41, 5.74) is 4.00. The van der Waals surface area contributed by atoms with Crippen LogP contribution in [0, 0.1) is 13.8 Å². The van der Waals surface area contributed by atoms with Gasteiger partial charge in [0.2, 0.25) is 0 Å². The average Bonchev–Trinajstić information content (AvgIpc) is 3.07. The van der Waals surface area contributed by atoms with Crippen LogP contribution < -0.4 is 9.47 Å². The molecule has 0 aliphatic carbocycles. The van der Waals surface area contributed by atoms with E-state index in [4.69, 9.17) is 9.47 Å². The largest absolute Gasteiger partial charge is 0.493 e. The van der Waals surface area contributed by atoms with Crippen LogP contribution in [0.3, 0.4) is 0 Å². The Morgan fingerprint density at radius 3 is 2.38 bits per heavy atom. The second-order valence-corrected chi connectivity index (χ2v) is 8.92. The van der Waals surface area contributed by atoms with Gasteiger partial charge in [-0.3, -0.25) is 14.5 Å². The average molecular weight is 474 g/mol. The van der Waals surface area contributed by atoms with Crippen molar-refractivity contribution in [2.75, 3.05) is 7.11 Å². The van der Waals surface area contributed by atoms with Gasteiger partial charge in [0, 0.05) is 0 Å². The van der Waals surface area contributed by atoms with Crippen molar-refractivity contribution in [3.05, 3.63) is 99.5 Å². The minimum atomic E-state index is -0.494. The van der Waals surface area contributed by atoms with Crippen LogP contribution in [0.25, 0.3) is 6.08 Å². The number of thioether (sulfide) groups is 1. The zero-order valence-corrected chi connectivity index (χ0v) is 19.8. The van der Waals surface area contributed by atoms with Gasteiger partial charge in [-0.05, 0) is 67.1 Å². The Hall–Kier alpha value is -3.84. The van der Waals surface area contributed by atoms with E-state index < -0.39 is 5.97 Å². The van der Waals surface area contributed by atoms with E-state index in [2.05, 4.69) is 0 Å². The third-order valence-electron chi connectivity index (χ3n) is 5.24. The fourth-order valence-electron chi connectivity index (χ4n) is 3.57. The molecule has 0 N–H and O–H groups in total. The van der Waals surface area contributed by atoms with Crippen LogP contribution in [-0.4, -0.2) is 29.1 Å². The van der Waals surface area contributed by atoms with Gasteiger partial charge in [-0.2, -0.15) is 0 Å². The van der Waals surface area contributed by atoms with Crippen molar-refractivity contribution in [3.63, 3.8) is 0 Å². The Labute approximate surface area is 202 Å². The highest BCUT2D eigenvalue weighted by Gasteiger charge is 2.35. The topological polar surface area (TPSA) is 72.9 Å². The summed E-state index contributed by atoms with van der Waals surface area (Å²) in [5.74, 6) is -0.232. The molecule has 2 amide bonds. The van der Waals surface area contributed by atoms with Gasteiger partial charge < -0.3 is 9.47 Å². The molecule has 0 atom stereocenters. The molecule has 7 heteroatoms. The highest BCUT2D eigenvalue weighted by atomic mass is 32.2. The van der Waals surface area contributed by atoms with Crippen molar-refractivity contribution >= 4 is 35.0 Å². The minimum absolute atomic E-state index is 0.223. The SMILES string of the molecule is COc1cc(/C=C2\SC(=O)N(Cc3cccc(C)c3)C2=O)ccc1OC(=O)c1cccc(C)c1. The molecule has 0 saturated carbocycles. The summed E-state index contributed by atoms with van der Waals surface area (Å²) < 4.78 is 10.9. The lowest BCUT2D eigenvalue weighted by Crippen LogP contribution is -2.27. The number of benzene rings is 3. The van der Waals surface area contributed by atoms with Gasteiger partial charge >= 0.3 is 5.97 Å². The van der Waals surface area contributed by atoms with Gasteiger partial charge in [0.1, 0.15) is 0 Å². The summed E-state index contributed by atoms with van der Waals surface area (Å²) in [7, 11) is 1.47. The Balaban J connectivity index is 1.52. The van der Waals surface area contributed by atoms with Gasteiger partial charge in [0.15, 0.2) is 11.5 Å². The number of methoxy groups -OCH3 is 1. The van der Waals surface area contributed by atoms with E-state index in [1.165, 1.54) is 12.0 Å². The van der Waals surface area contributed by atoms with E-state index in [1.807, 2.05) is 44.2 Å². The molecule has 6 nitrogen and oxygen atoms in total. The number of imide groups is 1. The summed E-state index contributed by atoms with van der Waals surface area (Å²) in [6.07, 6.45) is 1.63. The summed E-state index contributed by atoms with van der Waals surface area (Å²) in [5, 5.41) is -0.312. The Morgan fingerprint density at radius 2 is 1.68 bits per heavy atom. The molecule has 3 aromatic carbocycles. The van der Waals surface area contributed by atoms with Gasteiger partial charge in [0.25, 0.3) is 11.1 Å². The molecule has 172 valence electrons. The molecule has 1 heterocycles. The molecular formula is C27H23NO5S. The molecule has 0 unspecified atom stereocenters. The van der Waals surface area contributed by atoms with Crippen LogP contribution in [0.1, 0.15) is 32.6 Å². The van der Waals surface area contributed by atoms with Crippen molar-refractivity contribution in [2.24, 2.45) is 0 Å². The molecule has 0 radical (unpaired) electrons. The number of carbonyl (C=O) groups excluding carboxylic acids is 3. The first-order valence-corrected chi connectivity index (χ1v) is 11.4. The van der Waals surface area contributed by atoms with Gasteiger partial charge in [-0.1, -0.05) is 53.6 Å². The highest BCUT2D eigenvalue weighted by Crippen LogP contribution is 2.35. The molecular weight excluding hydrogens is 450 g/mol. The maximum Gasteiger partial charge on any atom is 0.343 e. The fraction of sp³-hybridized carbons (Fsp3) is 0.148. The van der Waals surface area contributed by atoms with Crippen LogP contribution in [-0.2, 0) is 11.3 Å². The molecule has 4 rings (SSSR count). The van der Waals surface area contributed by atoms with Crippen LogP contribution in [0.4, 0.5) is 4.79 Å². The van der Waals surface area contributed by atoms with Gasteiger partial charge in [-0.15, -0.1) is 0 Å². The number of hydrogen-bond donors (Lipinski definition) is 0. The number of hydrogen-bond acceptors (Lipinski definition) is 6. The third kappa shape index (κ3) is 5.21. The number of esters is 1. The summed E-state index contributed by atoms with van der Waals surface area (Å²) in [4.78, 5) is 39.4. The van der Waals surface area contributed by atoms with Crippen molar-refractivity contribution in [1.82, 2.24) is 4.90 Å². The summed E-state index contributed by atoms with van der Waals surface area (Å²) in [6.45, 7) is 4.09. The highest BCUT2D eigenvalue weighted by molar-refractivity contribution is 8.18. The number of ether oxygens (including phenoxy) is 2. The first kappa shape index (κ1) is 23.3. The number of aryl methyl sites for hydroxylation is 2. The van der Waals surface area contributed by atoms with E-state index in [1.54, 1.807) is 42.5 Å². The van der Waals surface area contributed by atoms with E-state index in [0.29, 0.717) is 21.8 Å². The monoisotopic (exact) mass is 473 g/mol. The van der Waals surface area contributed by atoms with Crippen LogP contribution >= 0.6 is 11.8 Å². The molecule has 1 aliphatic heterocycles. The molecule has 3 aromatic rings. The van der Waals surface area contributed by atoms with Crippen molar-refractivity contribution < 1.29 is 23.9 Å². The second-order valence-electron chi connectivity index (χ2n) is 7.93. The first-order chi connectivity index (χ1) is 16.3. The zero-order valence-electron chi connectivity index (χ0n) is 19.0. The van der Waals surface area contributed by atoms with E-state index in [9.17, 15) is 14.4 Å². The Morgan fingerprint density at radius 1 is 0.941 bits per heavy atom. The smallest absolute Gasteiger partial charge is 0.343 e. The predicted octanol–water partition coefficient (Wildman–Crippen LogP) is 5.77. The van der Waals surface area contributed by atoms with Crippen molar-refractivity contribution in [1.29, 1.82) is 0 Å². The van der Waals surface area contributed by atoms with Crippen molar-refractivity contribution in [3.8, 4) is 11.5 Å². The normalized spacial score (nSPS) is 14.6. The first-order valence-electron chi connectivity index (χ1n) is 10.6. The number of carbonyl (C=O) groups is 3. The maximum atomic E-state index is 12.9. The molecule has 0 bridgehead atoms. The van der Waals surface area contributed by atoms with Crippen molar-refractivity contribution in [2.45, 2.75) is 20.4 Å². The predicted molar refractivity (Wildman–Crippen MR) is 132 cm³/mol. The molecule has 1 fully saturated rings. The molecule has 1 aliphatic rings. The van der Waals surface area contributed by atoms with Gasteiger partial charge in [0.05, 0.1) is 24.1 Å². The van der Waals surface area contributed by atoms with E-state index >= 15 is 0 Å². The number of rotatable bonds is 6. The molecule has 34 heavy (non-hydrogen) atoms. The third-order valence-corrected chi connectivity index (χ3v) is 6.15. The Bertz CT molecular complexity index is 1310. The second kappa shape index (κ2) is 9.97. The lowest BCUT2D eigenvalue weighted by atomic mass is 10.1. The number of amides is 2. The molecule has 0 spiro atoms. The lowest BCUT2D eigenvalue weighted by Gasteiger charge is -2.13. The van der Waals surface area contributed by atoms with Gasteiger partial charge in [-0.25, -0.2) is 4.79 Å². The summed E-state index contributed by atoms with van der Waals surface area (Å²) >= 11 is 0.899.